The average molecular weight is 350 g/mol. The number of nitrogens with one attached hydrogen (secondary N) is 1. The van der Waals surface area contributed by atoms with Crippen LogP contribution in [0.15, 0.2) is 48.9 Å². The van der Waals surface area contributed by atoms with Gasteiger partial charge in [0.2, 0.25) is 5.88 Å². The van der Waals surface area contributed by atoms with Gasteiger partial charge in [-0.3, -0.25) is 0 Å². The Morgan fingerprint density at radius 2 is 1.92 bits per heavy atom. The molecule has 7 nitrogen and oxygen atoms in total. The van der Waals surface area contributed by atoms with Gasteiger partial charge in [-0.15, -0.1) is 5.10 Å². The van der Waals surface area contributed by atoms with Crippen molar-refractivity contribution in [1.82, 2.24) is 24.6 Å². The van der Waals surface area contributed by atoms with Crippen molar-refractivity contribution in [3.8, 4) is 28.4 Å². The summed E-state index contributed by atoms with van der Waals surface area (Å²) in [6, 6.07) is 8.35. The maximum Gasteiger partial charge on any atom is 0.252 e. The lowest BCUT2D eigenvalue weighted by molar-refractivity contribution is 0.398. The average Bonchev–Trinajstić information content (AvgIpc) is 3.11. The highest BCUT2D eigenvalue weighted by Gasteiger charge is 2.13. The standard InChI is InChI=1S/C18H15FN6O/c1-20-13-4-5-15(19)14(7-13)17-23-18-22-9-12(10-25(18)24-17)11-3-6-16(26-2)21-8-11/h3-10,20H,1-2H3. The Balaban J connectivity index is 1.76. The zero-order valence-corrected chi connectivity index (χ0v) is 14.1. The number of hydrogen-bond donors (Lipinski definition) is 1. The first-order chi connectivity index (χ1) is 12.7. The summed E-state index contributed by atoms with van der Waals surface area (Å²) in [4.78, 5) is 12.8. The molecule has 3 aromatic heterocycles. The fourth-order valence-corrected chi connectivity index (χ4v) is 2.57. The van der Waals surface area contributed by atoms with E-state index >= 15 is 0 Å². The van der Waals surface area contributed by atoms with Crippen LogP contribution in [0, 0.1) is 5.82 Å². The van der Waals surface area contributed by atoms with Crippen molar-refractivity contribution in [2.75, 3.05) is 19.5 Å². The van der Waals surface area contributed by atoms with E-state index in [0.717, 1.165) is 16.8 Å². The van der Waals surface area contributed by atoms with Gasteiger partial charge in [0.25, 0.3) is 5.78 Å². The molecule has 0 aliphatic rings. The summed E-state index contributed by atoms with van der Waals surface area (Å²) >= 11 is 0. The number of nitrogens with zero attached hydrogens (tertiary/aromatic N) is 5. The van der Waals surface area contributed by atoms with Crippen molar-refractivity contribution in [2.45, 2.75) is 0 Å². The second-order valence-electron chi connectivity index (χ2n) is 5.56. The molecule has 8 heteroatoms. The molecule has 0 aliphatic heterocycles. The van der Waals surface area contributed by atoms with Gasteiger partial charge in [-0.2, -0.15) is 4.98 Å². The van der Waals surface area contributed by atoms with Crippen LogP contribution in [0.4, 0.5) is 10.1 Å². The molecule has 0 saturated carbocycles. The van der Waals surface area contributed by atoms with Gasteiger partial charge in [-0.1, -0.05) is 0 Å². The smallest absolute Gasteiger partial charge is 0.252 e. The van der Waals surface area contributed by atoms with E-state index in [9.17, 15) is 4.39 Å². The highest BCUT2D eigenvalue weighted by Crippen LogP contribution is 2.25. The second-order valence-corrected chi connectivity index (χ2v) is 5.56. The van der Waals surface area contributed by atoms with Crippen LogP contribution in [0.3, 0.4) is 0 Å². The van der Waals surface area contributed by atoms with Crippen molar-refractivity contribution < 1.29 is 9.13 Å². The van der Waals surface area contributed by atoms with Crippen LogP contribution in [0.1, 0.15) is 0 Å². The largest absolute Gasteiger partial charge is 0.481 e. The molecule has 4 aromatic rings. The maximum absolute atomic E-state index is 14.2. The predicted octanol–water partition coefficient (Wildman–Crippen LogP) is 3.04. The van der Waals surface area contributed by atoms with E-state index in [-0.39, 0.29) is 11.6 Å². The van der Waals surface area contributed by atoms with E-state index in [1.165, 1.54) is 10.6 Å². The summed E-state index contributed by atoms with van der Waals surface area (Å²) in [7, 11) is 3.33. The van der Waals surface area contributed by atoms with Crippen LogP contribution in [0.2, 0.25) is 0 Å². The van der Waals surface area contributed by atoms with Gasteiger partial charge in [0.05, 0.1) is 12.7 Å². The molecular formula is C18H15FN6O. The lowest BCUT2D eigenvalue weighted by Crippen LogP contribution is -1.94. The molecule has 0 radical (unpaired) electrons. The number of ether oxygens (including phenoxy) is 1. The van der Waals surface area contributed by atoms with E-state index < -0.39 is 0 Å². The summed E-state index contributed by atoms with van der Waals surface area (Å²) < 4.78 is 20.8. The van der Waals surface area contributed by atoms with Crippen molar-refractivity contribution in [3.05, 3.63) is 54.7 Å². The van der Waals surface area contributed by atoms with E-state index in [4.69, 9.17) is 4.74 Å². The van der Waals surface area contributed by atoms with Crippen molar-refractivity contribution in [3.63, 3.8) is 0 Å². The van der Waals surface area contributed by atoms with Gasteiger partial charge in [-0.25, -0.2) is 18.9 Å². The molecule has 26 heavy (non-hydrogen) atoms. The molecule has 0 unspecified atom stereocenters. The van der Waals surface area contributed by atoms with Crippen LogP contribution in [0.5, 0.6) is 5.88 Å². The molecule has 0 bridgehead atoms. The molecule has 0 spiro atoms. The Bertz CT molecular complexity index is 1080. The summed E-state index contributed by atoms with van der Waals surface area (Å²) in [6.07, 6.45) is 5.15. The first-order valence-electron chi connectivity index (χ1n) is 7.88. The Morgan fingerprint density at radius 3 is 2.65 bits per heavy atom. The van der Waals surface area contributed by atoms with E-state index in [0.29, 0.717) is 17.2 Å². The van der Waals surface area contributed by atoms with Crippen molar-refractivity contribution in [2.24, 2.45) is 0 Å². The van der Waals surface area contributed by atoms with E-state index in [1.807, 2.05) is 6.07 Å². The third kappa shape index (κ3) is 2.81. The summed E-state index contributed by atoms with van der Waals surface area (Å²) in [5.74, 6) is 0.807. The molecule has 3 heterocycles. The monoisotopic (exact) mass is 350 g/mol. The SMILES string of the molecule is CNc1ccc(F)c(-c2nc3ncc(-c4ccc(OC)nc4)cn3n2)c1. The van der Waals surface area contributed by atoms with Gasteiger partial charge in [0.15, 0.2) is 5.82 Å². The fraction of sp³-hybridized carbons (Fsp3) is 0.111. The Kier molecular flexibility index (Phi) is 3.92. The zero-order valence-electron chi connectivity index (χ0n) is 14.1. The molecule has 4 rings (SSSR count). The number of aromatic nitrogens is 5. The summed E-state index contributed by atoms with van der Waals surface area (Å²) in [5, 5.41) is 7.35. The molecule has 0 amide bonds. The van der Waals surface area contributed by atoms with Crippen molar-refractivity contribution in [1.29, 1.82) is 0 Å². The third-order valence-corrected chi connectivity index (χ3v) is 3.97. The highest BCUT2D eigenvalue weighted by atomic mass is 19.1. The number of pyridine rings is 1. The number of halogens is 1. The topological polar surface area (TPSA) is 77.2 Å². The zero-order chi connectivity index (χ0) is 18.1. The minimum absolute atomic E-state index is 0.275. The van der Waals surface area contributed by atoms with Crippen LogP contribution >= 0.6 is 0 Å². The van der Waals surface area contributed by atoms with Gasteiger partial charge < -0.3 is 10.1 Å². The van der Waals surface area contributed by atoms with Crippen LogP contribution in [0.25, 0.3) is 28.3 Å². The number of rotatable bonds is 4. The van der Waals surface area contributed by atoms with Gasteiger partial charge >= 0.3 is 0 Å². The lowest BCUT2D eigenvalue weighted by atomic mass is 10.1. The number of fused-ring (bicyclic) bond motifs is 1. The number of anilines is 1. The normalized spacial score (nSPS) is 10.9. The van der Waals surface area contributed by atoms with E-state index in [2.05, 4.69) is 25.4 Å². The predicted molar refractivity (Wildman–Crippen MR) is 95.5 cm³/mol. The quantitative estimate of drug-likeness (QED) is 0.610. The van der Waals surface area contributed by atoms with Crippen LogP contribution in [-0.2, 0) is 0 Å². The summed E-state index contributed by atoms with van der Waals surface area (Å²) in [5.41, 5.74) is 2.77. The second kappa shape index (κ2) is 6.40. The molecule has 0 fully saturated rings. The van der Waals surface area contributed by atoms with Gasteiger partial charge in [0.1, 0.15) is 5.82 Å². The molecule has 130 valence electrons. The molecule has 1 N–H and O–H groups in total. The van der Waals surface area contributed by atoms with Crippen molar-refractivity contribution >= 4 is 11.5 Å². The first kappa shape index (κ1) is 15.9. The molecule has 0 saturated heterocycles. The summed E-state index contributed by atoms with van der Waals surface area (Å²) in [6.45, 7) is 0. The lowest BCUT2D eigenvalue weighted by Gasteiger charge is -2.03. The molecule has 1 aromatic carbocycles. The Labute approximate surface area is 148 Å². The number of methoxy groups -OCH3 is 1. The third-order valence-electron chi connectivity index (χ3n) is 3.97. The van der Waals surface area contributed by atoms with Crippen LogP contribution < -0.4 is 10.1 Å². The van der Waals surface area contributed by atoms with Gasteiger partial charge in [-0.05, 0) is 24.3 Å². The maximum atomic E-state index is 14.2. The highest BCUT2D eigenvalue weighted by molar-refractivity contribution is 5.65. The molecule has 0 aliphatic carbocycles. The minimum Gasteiger partial charge on any atom is -0.481 e. The van der Waals surface area contributed by atoms with Gasteiger partial charge in [0, 0.05) is 48.5 Å². The van der Waals surface area contributed by atoms with E-state index in [1.54, 1.807) is 50.9 Å². The minimum atomic E-state index is -0.389. The number of benzene rings is 1. The Hall–Kier alpha value is -3.55. The first-order valence-corrected chi connectivity index (χ1v) is 7.88. The number of hydrogen-bond acceptors (Lipinski definition) is 6. The molecule has 0 atom stereocenters. The molecular weight excluding hydrogens is 335 g/mol. The van der Waals surface area contributed by atoms with Crippen LogP contribution in [-0.4, -0.2) is 38.7 Å². The Morgan fingerprint density at radius 1 is 1.08 bits per heavy atom. The fourth-order valence-electron chi connectivity index (χ4n) is 2.57.